The normalized spacial score (nSPS) is 14.2. The number of pyridine rings is 1. The second kappa shape index (κ2) is 9.76. The van der Waals surface area contributed by atoms with Gasteiger partial charge in [0.1, 0.15) is 17.5 Å². The molecule has 178 valence electrons. The fourth-order valence-electron chi connectivity index (χ4n) is 4.57. The number of amides is 1. The monoisotopic (exact) mass is 473 g/mol. The molecule has 1 aliphatic rings. The number of nitrogens with one attached hydrogen (secondary N) is 2. The summed E-state index contributed by atoms with van der Waals surface area (Å²) in [6.45, 7) is 6.53. The van der Waals surface area contributed by atoms with E-state index < -0.39 is 11.7 Å². The minimum atomic E-state index is -0.495. The highest BCUT2D eigenvalue weighted by Gasteiger charge is 2.18. The summed E-state index contributed by atoms with van der Waals surface area (Å²) in [6, 6.07) is 11.7. The van der Waals surface area contributed by atoms with Crippen LogP contribution in [0, 0.1) is 11.6 Å². The number of halogens is 2. The van der Waals surface area contributed by atoms with Gasteiger partial charge in [0.15, 0.2) is 5.69 Å². The second-order valence-corrected chi connectivity index (χ2v) is 8.73. The van der Waals surface area contributed by atoms with Gasteiger partial charge in [-0.1, -0.05) is 25.1 Å². The number of likely N-dealkylation sites (tertiary alicyclic amines) is 1. The summed E-state index contributed by atoms with van der Waals surface area (Å²) in [5.74, 6) is -1.09. The molecule has 0 radical (unpaired) electrons. The molecule has 2 aromatic heterocycles. The zero-order valence-electron chi connectivity index (χ0n) is 19.2. The van der Waals surface area contributed by atoms with Crippen molar-refractivity contribution in [1.82, 2.24) is 20.1 Å². The van der Waals surface area contributed by atoms with E-state index in [0.29, 0.717) is 28.6 Å². The average Bonchev–Trinajstić information content (AvgIpc) is 3.29. The quantitative estimate of drug-likeness (QED) is 0.372. The fraction of sp³-hybridized carbons (Fsp3) is 0.222. The van der Waals surface area contributed by atoms with E-state index >= 15 is 4.39 Å². The number of hydrogen-bond acceptors (Lipinski definition) is 4. The lowest BCUT2D eigenvalue weighted by Gasteiger charge is -2.26. The van der Waals surface area contributed by atoms with Crippen LogP contribution < -0.4 is 5.32 Å². The van der Waals surface area contributed by atoms with Crippen LogP contribution >= 0.6 is 0 Å². The molecule has 0 atom stereocenters. The molecule has 2 aromatic carbocycles. The Kier molecular flexibility index (Phi) is 6.37. The third-order valence-corrected chi connectivity index (χ3v) is 6.31. The molecule has 8 heteroatoms. The number of aromatic nitrogens is 3. The largest absolute Gasteiger partial charge is 0.305 e. The number of carbonyl (C=O) groups is 1. The van der Waals surface area contributed by atoms with Gasteiger partial charge in [-0.3, -0.25) is 14.8 Å². The van der Waals surface area contributed by atoms with Crippen LogP contribution in [-0.4, -0.2) is 39.1 Å². The molecule has 2 N–H and O–H groups in total. The molecule has 35 heavy (non-hydrogen) atoms. The highest BCUT2D eigenvalue weighted by Crippen LogP contribution is 2.32. The van der Waals surface area contributed by atoms with Gasteiger partial charge in [0.05, 0.1) is 11.7 Å². The summed E-state index contributed by atoms with van der Waals surface area (Å²) in [6.07, 6.45) is 6.11. The molecule has 1 amide bonds. The number of hydrogen-bond donors (Lipinski definition) is 2. The first kappa shape index (κ1) is 22.9. The number of fused-ring (bicyclic) bond motifs is 1. The number of aromatic amines is 1. The van der Waals surface area contributed by atoms with Crippen LogP contribution in [0.1, 0.15) is 40.9 Å². The zero-order chi connectivity index (χ0) is 24.4. The minimum Gasteiger partial charge on any atom is -0.305 e. The second-order valence-electron chi connectivity index (χ2n) is 8.73. The van der Waals surface area contributed by atoms with Gasteiger partial charge in [-0.25, -0.2) is 13.8 Å². The van der Waals surface area contributed by atoms with Crippen molar-refractivity contribution in [3.63, 3.8) is 0 Å². The van der Waals surface area contributed by atoms with Gasteiger partial charge in [-0.2, -0.15) is 5.10 Å². The predicted octanol–water partition coefficient (Wildman–Crippen LogP) is 5.78. The van der Waals surface area contributed by atoms with Crippen LogP contribution in [0.3, 0.4) is 0 Å². The van der Waals surface area contributed by atoms with E-state index in [1.165, 1.54) is 24.6 Å². The maximum Gasteiger partial charge on any atom is 0.277 e. The lowest BCUT2D eigenvalue weighted by molar-refractivity contribution is 0.102. The van der Waals surface area contributed by atoms with E-state index in [9.17, 15) is 9.18 Å². The van der Waals surface area contributed by atoms with E-state index in [1.54, 1.807) is 6.07 Å². The maximum atomic E-state index is 15.1. The highest BCUT2D eigenvalue weighted by molar-refractivity contribution is 6.11. The Morgan fingerprint density at radius 1 is 1.11 bits per heavy atom. The molecule has 0 spiro atoms. The molecular weight excluding hydrogens is 448 g/mol. The third kappa shape index (κ3) is 4.83. The van der Waals surface area contributed by atoms with Crippen molar-refractivity contribution in [2.45, 2.75) is 25.8 Å². The van der Waals surface area contributed by atoms with Gasteiger partial charge in [0.2, 0.25) is 0 Å². The van der Waals surface area contributed by atoms with Crippen molar-refractivity contribution in [2.75, 3.05) is 18.4 Å². The Hall–Kier alpha value is -3.91. The SMILES string of the molecule is C=Cc1c(F)cc(CN2CCCCC2)cc1-c1ccc2[nH]nc(C(=O)Nc3ccc(F)cn3)c2c1. The molecule has 0 aliphatic carbocycles. The molecule has 1 aliphatic heterocycles. The van der Waals surface area contributed by atoms with Crippen LogP contribution in [0.4, 0.5) is 14.6 Å². The third-order valence-electron chi connectivity index (χ3n) is 6.31. The molecule has 0 unspecified atom stereocenters. The fourth-order valence-corrected chi connectivity index (χ4v) is 4.57. The van der Waals surface area contributed by atoms with Crippen molar-refractivity contribution in [2.24, 2.45) is 0 Å². The Labute approximate surface area is 201 Å². The summed E-state index contributed by atoms with van der Waals surface area (Å²) >= 11 is 0. The first-order chi connectivity index (χ1) is 17.0. The van der Waals surface area contributed by atoms with E-state index in [4.69, 9.17) is 0 Å². The molecule has 4 aromatic rings. The van der Waals surface area contributed by atoms with Crippen LogP contribution in [0.5, 0.6) is 0 Å². The van der Waals surface area contributed by atoms with Crippen molar-refractivity contribution in [3.05, 3.63) is 83.7 Å². The molecule has 3 heterocycles. The molecule has 0 bridgehead atoms. The standard InChI is InChI=1S/C27H25F2N5O/c1-2-20-21(12-17(13-23(20)29)16-34-10-4-3-5-11-34)18-6-8-24-22(14-18)26(33-32-24)27(35)31-25-9-7-19(28)15-30-25/h2,6-9,12-15H,1,3-5,10-11,16H2,(H,32,33)(H,30,31,35). The van der Waals surface area contributed by atoms with Gasteiger partial charge in [0.25, 0.3) is 5.91 Å². The number of carbonyl (C=O) groups excluding carboxylic acids is 1. The topological polar surface area (TPSA) is 73.9 Å². The van der Waals surface area contributed by atoms with Crippen molar-refractivity contribution >= 4 is 28.7 Å². The van der Waals surface area contributed by atoms with Crippen molar-refractivity contribution in [1.29, 1.82) is 0 Å². The number of piperidine rings is 1. The summed E-state index contributed by atoms with van der Waals surface area (Å²) in [5, 5.41) is 10.2. The van der Waals surface area contributed by atoms with Gasteiger partial charge in [-0.15, -0.1) is 0 Å². The number of benzene rings is 2. The van der Waals surface area contributed by atoms with Crippen LogP contribution in [-0.2, 0) is 6.54 Å². The number of nitrogens with zero attached hydrogens (tertiary/aromatic N) is 3. The van der Waals surface area contributed by atoms with E-state index in [1.807, 2.05) is 24.3 Å². The first-order valence-corrected chi connectivity index (χ1v) is 11.6. The molecular formula is C27H25F2N5O. The summed E-state index contributed by atoms with van der Waals surface area (Å²) < 4.78 is 28.2. The van der Waals surface area contributed by atoms with E-state index in [0.717, 1.165) is 43.3 Å². The van der Waals surface area contributed by atoms with Gasteiger partial charge >= 0.3 is 0 Å². The van der Waals surface area contributed by atoms with Crippen LogP contribution in [0.2, 0.25) is 0 Å². The molecule has 0 saturated carbocycles. The highest BCUT2D eigenvalue weighted by atomic mass is 19.1. The van der Waals surface area contributed by atoms with Crippen molar-refractivity contribution < 1.29 is 13.6 Å². The first-order valence-electron chi connectivity index (χ1n) is 11.6. The zero-order valence-corrected chi connectivity index (χ0v) is 19.2. The minimum absolute atomic E-state index is 0.165. The lowest BCUT2D eigenvalue weighted by atomic mass is 9.95. The molecule has 5 rings (SSSR count). The van der Waals surface area contributed by atoms with Gasteiger partial charge < -0.3 is 5.32 Å². The maximum absolute atomic E-state index is 15.1. The van der Waals surface area contributed by atoms with E-state index in [2.05, 4.69) is 32.0 Å². The Morgan fingerprint density at radius 2 is 1.94 bits per heavy atom. The molecule has 6 nitrogen and oxygen atoms in total. The number of H-pyrrole nitrogens is 1. The lowest BCUT2D eigenvalue weighted by Crippen LogP contribution is -2.29. The van der Waals surface area contributed by atoms with Crippen LogP contribution in [0.25, 0.3) is 28.1 Å². The Morgan fingerprint density at radius 3 is 2.69 bits per heavy atom. The van der Waals surface area contributed by atoms with Crippen LogP contribution in [0.15, 0.2) is 55.2 Å². The van der Waals surface area contributed by atoms with Gasteiger partial charge in [-0.05, 0) is 79.0 Å². The predicted molar refractivity (Wildman–Crippen MR) is 133 cm³/mol. The molecule has 1 fully saturated rings. The smallest absolute Gasteiger partial charge is 0.277 e. The Balaban J connectivity index is 1.50. The summed E-state index contributed by atoms with van der Waals surface area (Å²) in [7, 11) is 0. The average molecular weight is 474 g/mol. The molecule has 1 saturated heterocycles. The summed E-state index contributed by atoms with van der Waals surface area (Å²) in [4.78, 5) is 19.1. The van der Waals surface area contributed by atoms with Gasteiger partial charge in [0, 0.05) is 17.5 Å². The number of rotatable bonds is 6. The summed E-state index contributed by atoms with van der Waals surface area (Å²) in [5.41, 5.74) is 3.60. The van der Waals surface area contributed by atoms with E-state index in [-0.39, 0.29) is 17.3 Å². The number of anilines is 1. The van der Waals surface area contributed by atoms with Crippen molar-refractivity contribution in [3.8, 4) is 11.1 Å². The Bertz CT molecular complexity index is 1390.